The van der Waals surface area contributed by atoms with Crippen molar-refractivity contribution in [2.45, 2.75) is 26.7 Å². The summed E-state index contributed by atoms with van der Waals surface area (Å²) in [5.41, 5.74) is 4.28. The number of hydrogen-bond acceptors (Lipinski definition) is 2. The van der Waals surface area contributed by atoms with E-state index in [0.717, 1.165) is 17.0 Å². The Morgan fingerprint density at radius 1 is 1.00 bits per heavy atom. The minimum atomic E-state index is 0.465. The largest absolute Gasteiger partial charge is 0.439 e. The van der Waals surface area contributed by atoms with E-state index in [1.807, 2.05) is 45.0 Å². The fourth-order valence-electron chi connectivity index (χ4n) is 1.95. The zero-order valence-electron chi connectivity index (χ0n) is 10.8. The molecule has 1 aromatic heterocycles. The Morgan fingerprint density at radius 3 is 2.28 bits per heavy atom. The summed E-state index contributed by atoms with van der Waals surface area (Å²) in [4.78, 5) is 4.36. The van der Waals surface area contributed by atoms with Gasteiger partial charge in [0.25, 0.3) is 0 Å². The summed E-state index contributed by atoms with van der Waals surface area (Å²) in [5.74, 6) is 1.87. The molecule has 0 fully saturated rings. The molecule has 3 heteroatoms. The van der Waals surface area contributed by atoms with Crippen molar-refractivity contribution in [3.63, 3.8) is 0 Å². The van der Waals surface area contributed by atoms with Crippen LogP contribution in [0.1, 0.15) is 22.4 Å². The van der Waals surface area contributed by atoms with Crippen molar-refractivity contribution in [3.05, 3.63) is 52.7 Å². The van der Waals surface area contributed by atoms with Gasteiger partial charge in [0.1, 0.15) is 5.75 Å². The number of pyridine rings is 1. The normalized spacial score (nSPS) is 10.4. The molecule has 0 radical (unpaired) electrons. The van der Waals surface area contributed by atoms with E-state index in [0.29, 0.717) is 11.8 Å². The fourth-order valence-corrected chi connectivity index (χ4v) is 2.10. The molecule has 18 heavy (non-hydrogen) atoms. The molecule has 1 aromatic carbocycles. The predicted molar refractivity (Wildman–Crippen MR) is 74.5 cm³/mol. The SMILES string of the molecule is Cc1cc(C)cc(Oc2cc(CCl)cc(C)n2)c1. The molecular weight excluding hydrogens is 246 g/mol. The van der Waals surface area contributed by atoms with Crippen LogP contribution in [-0.2, 0) is 5.88 Å². The topological polar surface area (TPSA) is 22.1 Å². The number of alkyl halides is 1. The maximum absolute atomic E-state index is 5.84. The van der Waals surface area contributed by atoms with E-state index in [1.54, 1.807) is 0 Å². The van der Waals surface area contributed by atoms with E-state index in [-0.39, 0.29) is 0 Å². The van der Waals surface area contributed by atoms with Crippen LogP contribution in [0.15, 0.2) is 30.3 Å². The number of rotatable bonds is 3. The molecule has 0 unspecified atom stereocenters. The molecule has 2 aromatic rings. The molecule has 0 saturated carbocycles. The van der Waals surface area contributed by atoms with Crippen LogP contribution < -0.4 is 4.74 Å². The van der Waals surface area contributed by atoms with Gasteiger partial charge in [-0.25, -0.2) is 4.98 Å². The van der Waals surface area contributed by atoms with Crippen LogP contribution >= 0.6 is 11.6 Å². The smallest absolute Gasteiger partial charge is 0.219 e. The molecule has 0 atom stereocenters. The van der Waals surface area contributed by atoms with E-state index in [9.17, 15) is 0 Å². The Kier molecular flexibility index (Phi) is 3.87. The van der Waals surface area contributed by atoms with Gasteiger partial charge in [0.15, 0.2) is 0 Å². The van der Waals surface area contributed by atoms with E-state index < -0.39 is 0 Å². The molecule has 0 saturated heterocycles. The van der Waals surface area contributed by atoms with Gasteiger partial charge in [-0.05, 0) is 55.7 Å². The van der Waals surface area contributed by atoms with E-state index >= 15 is 0 Å². The molecule has 0 N–H and O–H groups in total. The summed E-state index contributed by atoms with van der Waals surface area (Å²) in [6, 6.07) is 9.94. The molecule has 94 valence electrons. The van der Waals surface area contributed by atoms with Gasteiger partial charge in [0.05, 0.1) is 0 Å². The average Bonchev–Trinajstić information content (AvgIpc) is 2.26. The predicted octanol–water partition coefficient (Wildman–Crippen LogP) is 4.54. The zero-order chi connectivity index (χ0) is 13.1. The third-order valence-electron chi connectivity index (χ3n) is 2.56. The molecule has 0 aliphatic rings. The van der Waals surface area contributed by atoms with Gasteiger partial charge < -0.3 is 4.74 Å². The number of nitrogens with zero attached hydrogens (tertiary/aromatic N) is 1. The van der Waals surface area contributed by atoms with Gasteiger partial charge in [0, 0.05) is 17.6 Å². The molecule has 0 amide bonds. The fraction of sp³-hybridized carbons (Fsp3) is 0.267. The van der Waals surface area contributed by atoms with Crippen molar-refractivity contribution >= 4 is 11.6 Å². The minimum absolute atomic E-state index is 0.465. The Balaban J connectivity index is 2.30. The highest BCUT2D eigenvalue weighted by molar-refractivity contribution is 6.17. The third-order valence-corrected chi connectivity index (χ3v) is 2.87. The summed E-state index contributed by atoms with van der Waals surface area (Å²) in [6.45, 7) is 6.03. The van der Waals surface area contributed by atoms with Crippen molar-refractivity contribution < 1.29 is 4.74 Å². The second-order valence-electron chi connectivity index (χ2n) is 4.51. The number of aryl methyl sites for hydroxylation is 3. The van der Waals surface area contributed by atoms with Crippen molar-refractivity contribution in [1.29, 1.82) is 0 Å². The summed E-state index contributed by atoms with van der Waals surface area (Å²) in [7, 11) is 0. The Hall–Kier alpha value is -1.54. The van der Waals surface area contributed by atoms with Crippen LogP contribution in [0, 0.1) is 20.8 Å². The number of hydrogen-bond donors (Lipinski definition) is 0. The average molecular weight is 262 g/mol. The highest BCUT2D eigenvalue weighted by atomic mass is 35.5. The maximum atomic E-state index is 5.84. The van der Waals surface area contributed by atoms with Crippen LogP contribution in [0.3, 0.4) is 0 Å². The highest BCUT2D eigenvalue weighted by Gasteiger charge is 2.03. The zero-order valence-corrected chi connectivity index (χ0v) is 11.6. The minimum Gasteiger partial charge on any atom is -0.439 e. The Labute approximate surface area is 113 Å². The molecule has 2 rings (SSSR count). The number of aromatic nitrogens is 1. The molecule has 0 aliphatic heterocycles. The van der Waals surface area contributed by atoms with Crippen molar-refractivity contribution in [2.24, 2.45) is 0 Å². The van der Waals surface area contributed by atoms with Gasteiger partial charge in [-0.15, -0.1) is 11.6 Å². The summed E-state index contributed by atoms with van der Waals surface area (Å²) >= 11 is 5.84. The first-order chi connectivity index (χ1) is 8.56. The molecule has 2 nitrogen and oxygen atoms in total. The summed E-state index contributed by atoms with van der Waals surface area (Å²) in [5, 5.41) is 0. The lowest BCUT2D eigenvalue weighted by Gasteiger charge is -2.08. The lowest BCUT2D eigenvalue weighted by molar-refractivity contribution is 0.460. The van der Waals surface area contributed by atoms with E-state index in [2.05, 4.69) is 11.1 Å². The summed E-state index contributed by atoms with van der Waals surface area (Å²) < 4.78 is 5.79. The molecular formula is C15H16ClNO. The first-order valence-electron chi connectivity index (χ1n) is 5.86. The molecule has 1 heterocycles. The van der Waals surface area contributed by atoms with Crippen molar-refractivity contribution in [1.82, 2.24) is 4.98 Å². The van der Waals surface area contributed by atoms with Crippen molar-refractivity contribution in [3.8, 4) is 11.6 Å². The molecule has 0 spiro atoms. The highest BCUT2D eigenvalue weighted by Crippen LogP contribution is 2.24. The first kappa shape index (κ1) is 12.9. The quantitative estimate of drug-likeness (QED) is 0.757. The Morgan fingerprint density at radius 2 is 1.67 bits per heavy atom. The van der Waals surface area contributed by atoms with Gasteiger partial charge >= 0.3 is 0 Å². The third kappa shape index (κ3) is 3.23. The molecule has 0 aliphatic carbocycles. The number of ether oxygens (including phenoxy) is 1. The van der Waals surface area contributed by atoms with Crippen LogP contribution in [0.2, 0.25) is 0 Å². The monoisotopic (exact) mass is 261 g/mol. The van der Waals surface area contributed by atoms with E-state index in [4.69, 9.17) is 16.3 Å². The molecule has 0 bridgehead atoms. The first-order valence-corrected chi connectivity index (χ1v) is 6.40. The second-order valence-corrected chi connectivity index (χ2v) is 4.78. The lowest BCUT2D eigenvalue weighted by atomic mass is 10.1. The number of halogens is 1. The van der Waals surface area contributed by atoms with Crippen LogP contribution in [0.25, 0.3) is 0 Å². The van der Waals surface area contributed by atoms with Crippen LogP contribution in [-0.4, -0.2) is 4.98 Å². The second kappa shape index (κ2) is 5.40. The van der Waals surface area contributed by atoms with Gasteiger partial charge in [-0.1, -0.05) is 6.07 Å². The summed E-state index contributed by atoms with van der Waals surface area (Å²) in [6.07, 6.45) is 0. The van der Waals surface area contributed by atoms with Crippen molar-refractivity contribution in [2.75, 3.05) is 0 Å². The van der Waals surface area contributed by atoms with Crippen LogP contribution in [0.4, 0.5) is 0 Å². The van der Waals surface area contributed by atoms with Crippen LogP contribution in [0.5, 0.6) is 11.6 Å². The van der Waals surface area contributed by atoms with Gasteiger partial charge in [-0.3, -0.25) is 0 Å². The van der Waals surface area contributed by atoms with Gasteiger partial charge in [0.2, 0.25) is 5.88 Å². The Bertz CT molecular complexity index is 546. The maximum Gasteiger partial charge on any atom is 0.219 e. The van der Waals surface area contributed by atoms with E-state index in [1.165, 1.54) is 11.1 Å². The van der Waals surface area contributed by atoms with Gasteiger partial charge in [-0.2, -0.15) is 0 Å². The standard InChI is InChI=1S/C15H16ClNO/c1-10-4-11(2)6-14(5-10)18-15-8-13(9-16)7-12(3)17-15/h4-8H,9H2,1-3H3. The lowest BCUT2D eigenvalue weighted by Crippen LogP contribution is -1.93. The number of benzene rings is 1.